The summed E-state index contributed by atoms with van der Waals surface area (Å²) in [7, 11) is 0. The van der Waals surface area contributed by atoms with Crippen LogP contribution in [-0.4, -0.2) is 17.9 Å². The summed E-state index contributed by atoms with van der Waals surface area (Å²) in [5.41, 5.74) is 3.37. The molecule has 5 heteroatoms. The van der Waals surface area contributed by atoms with Gasteiger partial charge in [0.1, 0.15) is 6.17 Å². The van der Waals surface area contributed by atoms with Crippen LogP contribution in [0.4, 0.5) is 0 Å². The van der Waals surface area contributed by atoms with Gasteiger partial charge in [-0.05, 0) is 28.5 Å². The molecule has 3 rings (SSSR count). The van der Waals surface area contributed by atoms with Gasteiger partial charge in [0.15, 0.2) is 0 Å². The van der Waals surface area contributed by atoms with Crippen LogP contribution >= 0.6 is 0 Å². The molecule has 1 aliphatic heterocycles. The Hall–Kier alpha value is -2.66. The number of carbonyl (C=O) groups is 2. The van der Waals surface area contributed by atoms with Crippen LogP contribution in [0.25, 0.3) is 0 Å². The number of hydrogen-bond donors (Lipinski definition) is 3. The Morgan fingerprint density at radius 3 is 2.34 bits per heavy atom. The van der Waals surface area contributed by atoms with E-state index in [-0.39, 0.29) is 35.9 Å². The number of amides is 2. The lowest BCUT2D eigenvalue weighted by Crippen LogP contribution is -2.56. The Kier molecular flexibility index (Phi) is 6.38. The van der Waals surface area contributed by atoms with Crippen LogP contribution in [0.1, 0.15) is 69.4 Å². The summed E-state index contributed by atoms with van der Waals surface area (Å²) in [5, 5.41) is 9.29. The maximum absolute atomic E-state index is 12.9. The van der Waals surface area contributed by atoms with Gasteiger partial charge in [-0.15, -0.1) is 0 Å². The molecule has 2 amide bonds. The van der Waals surface area contributed by atoms with Gasteiger partial charge in [0.25, 0.3) is 0 Å². The summed E-state index contributed by atoms with van der Waals surface area (Å²) in [5.74, 6) is -0.270. The van der Waals surface area contributed by atoms with Crippen LogP contribution in [0.3, 0.4) is 0 Å². The van der Waals surface area contributed by atoms with Crippen molar-refractivity contribution in [3.05, 3.63) is 71.3 Å². The van der Waals surface area contributed by atoms with Gasteiger partial charge >= 0.3 is 0 Å². The fourth-order valence-corrected chi connectivity index (χ4v) is 3.61. The zero-order chi connectivity index (χ0) is 21.0. The van der Waals surface area contributed by atoms with Gasteiger partial charge in [0.05, 0.1) is 18.5 Å². The molecule has 5 nitrogen and oxygen atoms in total. The highest BCUT2D eigenvalue weighted by atomic mass is 16.2. The number of nitrogens with one attached hydrogen (secondary N) is 3. The van der Waals surface area contributed by atoms with Crippen molar-refractivity contribution < 1.29 is 9.59 Å². The minimum Gasteiger partial charge on any atom is -0.348 e. The third-order valence-electron chi connectivity index (χ3n) is 5.42. The predicted molar refractivity (Wildman–Crippen MR) is 115 cm³/mol. The maximum Gasteiger partial charge on any atom is 0.238 e. The van der Waals surface area contributed by atoms with E-state index in [1.54, 1.807) is 0 Å². The molecule has 1 aliphatic rings. The molecular weight excluding hydrogens is 362 g/mol. The molecule has 0 radical (unpaired) electrons. The lowest BCUT2D eigenvalue weighted by atomic mass is 9.86. The van der Waals surface area contributed by atoms with E-state index in [1.165, 1.54) is 5.56 Å². The fourth-order valence-electron chi connectivity index (χ4n) is 3.61. The molecule has 0 bridgehead atoms. The summed E-state index contributed by atoms with van der Waals surface area (Å²) in [4.78, 5) is 25.1. The quantitative estimate of drug-likeness (QED) is 0.725. The summed E-state index contributed by atoms with van der Waals surface area (Å²) < 4.78 is 0. The second-order valence-electron chi connectivity index (χ2n) is 8.68. The molecular formula is C24H31N3O2. The third kappa shape index (κ3) is 5.24. The first-order valence-electron chi connectivity index (χ1n) is 10.3. The standard InChI is InChI=1S/C24H31N3O2/c1-5-19(16-11-13-18(14-12-16)24(2,3)4)26-23(29)20-15-21(28)27-22(25-20)17-9-7-6-8-10-17/h6-14,19-20,22,25H,5,15H2,1-4H3,(H,26,29)(H,27,28). The van der Waals surface area contributed by atoms with Gasteiger partial charge in [-0.2, -0.15) is 0 Å². The van der Waals surface area contributed by atoms with E-state index in [0.717, 1.165) is 17.5 Å². The summed E-state index contributed by atoms with van der Waals surface area (Å²) in [6.45, 7) is 8.61. The van der Waals surface area contributed by atoms with Gasteiger partial charge in [0.2, 0.25) is 11.8 Å². The predicted octanol–water partition coefficient (Wildman–Crippen LogP) is 3.73. The first kappa shape index (κ1) is 21.1. The van der Waals surface area contributed by atoms with E-state index in [1.807, 2.05) is 30.3 Å². The van der Waals surface area contributed by atoms with E-state index in [9.17, 15) is 9.59 Å². The summed E-state index contributed by atoms with van der Waals surface area (Å²) in [6.07, 6.45) is 0.551. The zero-order valence-corrected chi connectivity index (χ0v) is 17.7. The first-order valence-corrected chi connectivity index (χ1v) is 10.3. The number of rotatable bonds is 5. The van der Waals surface area contributed by atoms with Crippen molar-refractivity contribution in [2.75, 3.05) is 0 Å². The highest BCUT2D eigenvalue weighted by Gasteiger charge is 2.32. The normalized spacial score (nSPS) is 20.6. The SMILES string of the molecule is CCC(NC(=O)C1CC(=O)NC(c2ccccc2)N1)c1ccc(C(C)(C)C)cc1. The lowest BCUT2D eigenvalue weighted by Gasteiger charge is -2.32. The highest BCUT2D eigenvalue weighted by molar-refractivity contribution is 5.89. The van der Waals surface area contributed by atoms with E-state index in [2.05, 4.69) is 67.9 Å². The first-order chi connectivity index (χ1) is 13.8. The van der Waals surface area contributed by atoms with Crippen molar-refractivity contribution in [1.29, 1.82) is 0 Å². The molecule has 0 saturated carbocycles. The number of hydrogen-bond acceptors (Lipinski definition) is 3. The molecule has 3 atom stereocenters. The topological polar surface area (TPSA) is 70.2 Å². The molecule has 29 heavy (non-hydrogen) atoms. The largest absolute Gasteiger partial charge is 0.348 e. The van der Waals surface area contributed by atoms with Gasteiger partial charge in [-0.1, -0.05) is 82.3 Å². The van der Waals surface area contributed by atoms with Gasteiger partial charge in [-0.25, -0.2) is 0 Å². The lowest BCUT2D eigenvalue weighted by molar-refractivity contribution is -0.132. The minimum atomic E-state index is -0.558. The van der Waals surface area contributed by atoms with E-state index in [4.69, 9.17) is 0 Å². The Morgan fingerprint density at radius 1 is 1.10 bits per heavy atom. The second-order valence-corrected chi connectivity index (χ2v) is 8.68. The Balaban J connectivity index is 1.69. The smallest absolute Gasteiger partial charge is 0.238 e. The highest BCUT2D eigenvalue weighted by Crippen LogP contribution is 2.25. The maximum atomic E-state index is 12.9. The van der Waals surface area contributed by atoms with Crippen molar-refractivity contribution in [3.63, 3.8) is 0 Å². The van der Waals surface area contributed by atoms with Crippen molar-refractivity contribution >= 4 is 11.8 Å². The van der Waals surface area contributed by atoms with Crippen molar-refractivity contribution in [1.82, 2.24) is 16.0 Å². The summed E-state index contributed by atoms with van der Waals surface area (Å²) >= 11 is 0. The van der Waals surface area contributed by atoms with Crippen LogP contribution in [0, 0.1) is 0 Å². The van der Waals surface area contributed by atoms with Crippen LogP contribution in [0.2, 0.25) is 0 Å². The Morgan fingerprint density at radius 2 is 1.76 bits per heavy atom. The molecule has 0 spiro atoms. The van der Waals surface area contributed by atoms with Gasteiger partial charge in [0, 0.05) is 0 Å². The van der Waals surface area contributed by atoms with E-state index < -0.39 is 6.04 Å². The van der Waals surface area contributed by atoms with Crippen LogP contribution < -0.4 is 16.0 Å². The molecule has 2 aromatic carbocycles. The van der Waals surface area contributed by atoms with Crippen molar-refractivity contribution in [2.45, 2.75) is 64.2 Å². The number of carbonyl (C=O) groups excluding carboxylic acids is 2. The van der Waals surface area contributed by atoms with E-state index in [0.29, 0.717) is 0 Å². The molecule has 1 saturated heterocycles. The Bertz CT molecular complexity index is 841. The summed E-state index contributed by atoms with van der Waals surface area (Å²) in [6, 6.07) is 17.4. The number of benzene rings is 2. The van der Waals surface area contributed by atoms with Crippen LogP contribution in [0.5, 0.6) is 0 Å². The average Bonchev–Trinajstić information content (AvgIpc) is 2.71. The van der Waals surface area contributed by atoms with E-state index >= 15 is 0 Å². The zero-order valence-electron chi connectivity index (χ0n) is 17.7. The average molecular weight is 394 g/mol. The monoisotopic (exact) mass is 393 g/mol. The minimum absolute atomic E-state index is 0.0847. The molecule has 154 valence electrons. The molecule has 0 aromatic heterocycles. The van der Waals surface area contributed by atoms with Crippen LogP contribution in [-0.2, 0) is 15.0 Å². The molecule has 2 aromatic rings. The molecule has 3 N–H and O–H groups in total. The molecule has 1 fully saturated rings. The molecule has 1 heterocycles. The van der Waals surface area contributed by atoms with Crippen molar-refractivity contribution in [3.8, 4) is 0 Å². The van der Waals surface area contributed by atoms with Gasteiger partial charge in [-0.3, -0.25) is 14.9 Å². The third-order valence-corrected chi connectivity index (χ3v) is 5.42. The van der Waals surface area contributed by atoms with Crippen LogP contribution in [0.15, 0.2) is 54.6 Å². The van der Waals surface area contributed by atoms with Crippen molar-refractivity contribution in [2.24, 2.45) is 0 Å². The molecule has 3 unspecified atom stereocenters. The Labute approximate surface area is 173 Å². The molecule has 0 aliphatic carbocycles. The second kappa shape index (κ2) is 8.78. The van der Waals surface area contributed by atoms with Gasteiger partial charge < -0.3 is 10.6 Å². The fraction of sp³-hybridized carbons (Fsp3) is 0.417.